The van der Waals surface area contributed by atoms with Gasteiger partial charge in [-0.2, -0.15) is 0 Å². The molecule has 9 heteroatoms. The predicted molar refractivity (Wildman–Crippen MR) is 154 cm³/mol. The van der Waals surface area contributed by atoms with E-state index in [1.807, 2.05) is 62.4 Å². The van der Waals surface area contributed by atoms with Crippen molar-refractivity contribution in [2.75, 3.05) is 19.5 Å². The van der Waals surface area contributed by atoms with Gasteiger partial charge < -0.3 is 14.8 Å². The Hall–Kier alpha value is -3.49. The number of carbonyl (C=O) groups is 1. The van der Waals surface area contributed by atoms with Gasteiger partial charge in [-0.1, -0.05) is 54.6 Å². The molecule has 0 aliphatic carbocycles. The second kappa shape index (κ2) is 12.4. The summed E-state index contributed by atoms with van der Waals surface area (Å²) in [5.41, 5.74) is 3.10. The summed E-state index contributed by atoms with van der Waals surface area (Å²) in [5.74, 6) is 0.785. The molecule has 3 aromatic carbocycles. The molecule has 0 fully saturated rings. The summed E-state index contributed by atoms with van der Waals surface area (Å²) in [6.07, 6.45) is 1.15. The Morgan fingerprint density at radius 1 is 1.08 bits per heavy atom. The lowest BCUT2D eigenvalue weighted by Crippen LogP contribution is -2.28. The molecule has 4 aromatic rings. The number of nitrogens with one attached hydrogen (secondary N) is 1. The summed E-state index contributed by atoms with van der Waals surface area (Å²) in [4.78, 5) is 31.8. The third kappa shape index (κ3) is 6.31. The summed E-state index contributed by atoms with van der Waals surface area (Å²) < 4.78 is 12.5. The molecule has 0 bridgehead atoms. The van der Waals surface area contributed by atoms with E-state index in [4.69, 9.17) is 26.1 Å². The number of rotatable bonds is 10. The Labute approximate surface area is 231 Å². The molecule has 0 radical (unpaired) electrons. The Morgan fingerprint density at radius 3 is 2.45 bits per heavy atom. The normalized spacial score (nSPS) is 11.8. The van der Waals surface area contributed by atoms with Gasteiger partial charge in [0, 0.05) is 23.3 Å². The van der Waals surface area contributed by atoms with Crippen LogP contribution < -0.4 is 20.3 Å². The monoisotopic (exact) mass is 551 g/mol. The van der Waals surface area contributed by atoms with E-state index in [0.717, 1.165) is 16.8 Å². The number of carbonyl (C=O) groups excluding carboxylic acids is 1. The van der Waals surface area contributed by atoms with Gasteiger partial charge in [0.1, 0.15) is 0 Å². The molecule has 0 saturated heterocycles. The Balaban J connectivity index is 1.72. The number of fused-ring (bicyclic) bond motifs is 1. The van der Waals surface area contributed by atoms with Gasteiger partial charge in [-0.15, -0.1) is 0 Å². The van der Waals surface area contributed by atoms with E-state index < -0.39 is 5.25 Å². The lowest BCUT2D eigenvalue weighted by molar-refractivity contribution is -0.115. The van der Waals surface area contributed by atoms with Crippen LogP contribution in [0.1, 0.15) is 24.5 Å². The van der Waals surface area contributed by atoms with Gasteiger partial charge in [0.15, 0.2) is 16.7 Å². The molecule has 1 heterocycles. The molecule has 38 heavy (non-hydrogen) atoms. The van der Waals surface area contributed by atoms with E-state index in [1.54, 1.807) is 16.7 Å². The van der Waals surface area contributed by atoms with Gasteiger partial charge >= 0.3 is 0 Å². The first-order valence-electron chi connectivity index (χ1n) is 12.3. The minimum Gasteiger partial charge on any atom is -0.493 e. The zero-order valence-electron chi connectivity index (χ0n) is 21.8. The van der Waals surface area contributed by atoms with Crippen LogP contribution in [-0.4, -0.2) is 34.9 Å². The summed E-state index contributed by atoms with van der Waals surface area (Å²) in [6, 6.07) is 18.5. The molecule has 0 aliphatic rings. The second-order valence-corrected chi connectivity index (χ2v) is 10.4. The third-order valence-corrected chi connectivity index (χ3v) is 7.76. The maximum Gasteiger partial charge on any atom is 0.262 e. The molecule has 0 saturated carbocycles. The SMILES string of the molecule is CC[C@@H](Sc1nc2cc(OC)c(OC)cc2c(=O)n1CCc1ccc(Cl)cc1)C(=O)Nc1cccc(C)c1. The molecular weight excluding hydrogens is 522 g/mol. The zero-order valence-corrected chi connectivity index (χ0v) is 23.4. The van der Waals surface area contributed by atoms with E-state index in [1.165, 1.54) is 26.0 Å². The van der Waals surface area contributed by atoms with E-state index >= 15 is 0 Å². The van der Waals surface area contributed by atoms with Crippen LogP contribution in [0.4, 0.5) is 5.69 Å². The van der Waals surface area contributed by atoms with E-state index in [0.29, 0.717) is 52.0 Å². The van der Waals surface area contributed by atoms with Crippen molar-refractivity contribution in [3.63, 3.8) is 0 Å². The van der Waals surface area contributed by atoms with Crippen molar-refractivity contribution in [1.29, 1.82) is 0 Å². The first kappa shape index (κ1) is 27.5. The number of thioether (sulfide) groups is 1. The Kier molecular flexibility index (Phi) is 8.97. The number of hydrogen-bond acceptors (Lipinski definition) is 6. The largest absolute Gasteiger partial charge is 0.493 e. The Bertz CT molecular complexity index is 1500. The summed E-state index contributed by atoms with van der Waals surface area (Å²) in [5, 5.41) is 4.08. The predicted octanol–water partition coefficient (Wildman–Crippen LogP) is 6.13. The molecule has 0 unspecified atom stereocenters. The first-order chi connectivity index (χ1) is 18.3. The lowest BCUT2D eigenvalue weighted by atomic mass is 10.1. The second-order valence-electron chi connectivity index (χ2n) is 8.83. The number of benzene rings is 3. The summed E-state index contributed by atoms with van der Waals surface area (Å²) in [6.45, 7) is 4.30. The fourth-order valence-electron chi connectivity index (χ4n) is 4.10. The average molecular weight is 552 g/mol. The van der Waals surface area contributed by atoms with Gasteiger partial charge in [0.05, 0.1) is 30.4 Å². The van der Waals surface area contributed by atoms with Gasteiger partial charge in [0.2, 0.25) is 5.91 Å². The summed E-state index contributed by atoms with van der Waals surface area (Å²) in [7, 11) is 3.06. The van der Waals surface area contributed by atoms with Crippen molar-refractivity contribution in [2.45, 2.75) is 43.6 Å². The van der Waals surface area contributed by atoms with Gasteiger partial charge in [-0.25, -0.2) is 4.98 Å². The smallest absolute Gasteiger partial charge is 0.262 e. The highest BCUT2D eigenvalue weighted by Crippen LogP contribution is 2.32. The van der Waals surface area contributed by atoms with Crippen LogP contribution in [0.25, 0.3) is 10.9 Å². The molecule has 0 spiro atoms. The molecule has 1 atom stereocenters. The number of aryl methyl sites for hydroxylation is 2. The number of halogens is 1. The topological polar surface area (TPSA) is 82.5 Å². The molecule has 4 rings (SSSR count). The number of amides is 1. The van der Waals surface area contributed by atoms with E-state index in [9.17, 15) is 9.59 Å². The number of aromatic nitrogens is 2. The van der Waals surface area contributed by atoms with Gasteiger partial charge in [-0.3, -0.25) is 14.2 Å². The molecule has 1 amide bonds. The van der Waals surface area contributed by atoms with Crippen LogP contribution in [-0.2, 0) is 17.8 Å². The number of hydrogen-bond donors (Lipinski definition) is 1. The third-order valence-electron chi connectivity index (χ3n) is 6.16. The highest BCUT2D eigenvalue weighted by molar-refractivity contribution is 8.00. The van der Waals surface area contributed by atoms with Crippen molar-refractivity contribution < 1.29 is 14.3 Å². The first-order valence-corrected chi connectivity index (χ1v) is 13.5. The lowest BCUT2D eigenvalue weighted by Gasteiger charge is -2.19. The van der Waals surface area contributed by atoms with Crippen molar-refractivity contribution in [3.8, 4) is 11.5 Å². The maximum absolute atomic E-state index is 13.8. The molecule has 1 N–H and O–H groups in total. The van der Waals surface area contributed by atoms with Crippen molar-refractivity contribution in [1.82, 2.24) is 9.55 Å². The highest BCUT2D eigenvalue weighted by atomic mass is 35.5. The van der Waals surface area contributed by atoms with Crippen LogP contribution in [0.5, 0.6) is 11.5 Å². The zero-order chi connectivity index (χ0) is 27.2. The van der Waals surface area contributed by atoms with Crippen molar-refractivity contribution >= 4 is 45.9 Å². The number of methoxy groups -OCH3 is 2. The maximum atomic E-state index is 13.8. The average Bonchev–Trinajstić information content (AvgIpc) is 2.91. The number of ether oxygens (including phenoxy) is 2. The molecule has 7 nitrogen and oxygen atoms in total. The molecule has 1 aromatic heterocycles. The molecular formula is C29H30ClN3O4S. The fourth-order valence-corrected chi connectivity index (χ4v) is 5.27. The van der Waals surface area contributed by atoms with Crippen molar-refractivity contribution in [3.05, 3.63) is 87.2 Å². The van der Waals surface area contributed by atoms with Crippen molar-refractivity contribution in [2.24, 2.45) is 0 Å². The molecule has 0 aliphatic heterocycles. The Morgan fingerprint density at radius 2 is 1.79 bits per heavy atom. The van der Waals surface area contributed by atoms with Gasteiger partial charge in [-0.05, 0) is 61.2 Å². The number of nitrogens with zero attached hydrogens (tertiary/aromatic N) is 2. The summed E-state index contributed by atoms with van der Waals surface area (Å²) >= 11 is 7.32. The van der Waals surface area contributed by atoms with Crippen LogP contribution >= 0.6 is 23.4 Å². The van der Waals surface area contributed by atoms with Crippen LogP contribution in [0.15, 0.2) is 70.6 Å². The van der Waals surface area contributed by atoms with E-state index in [-0.39, 0.29) is 11.5 Å². The van der Waals surface area contributed by atoms with Crippen LogP contribution in [0, 0.1) is 6.92 Å². The number of anilines is 1. The van der Waals surface area contributed by atoms with Crippen LogP contribution in [0.3, 0.4) is 0 Å². The molecule has 198 valence electrons. The van der Waals surface area contributed by atoms with E-state index in [2.05, 4.69) is 5.32 Å². The fraction of sp³-hybridized carbons (Fsp3) is 0.276. The minimum absolute atomic E-state index is 0.144. The van der Waals surface area contributed by atoms with Crippen LogP contribution in [0.2, 0.25) is 5.02 Å². The quantitative estimate of drug-likeness (QED) is 0.189. The van der Waals surface area contributed by atoms with Gasteiger partial charge in [0.25, 0.3) is 5.56 Å². The standard InChI is InChI=1S/C29H30ClN3O4S/c1-5-26(27(34)31-21-8-6-7-18(2)15-21)38-29-32-23-17-25(37-4)24(36-3)16-22(23)28(35)33(29)14-13-19-9-11-20(30)12-10-19/h6-12,15-17,26H,5,13-14H2,1-4H3,(H,31,34)/t26-/m1/s1. The highest BCUT2D eigenvalue weighted by Gasteiger charge is 2.23. The minimum atomic E-state index is -0.457.